The molecule has 9 heavy (non-hydrogen) atoms. The summed E-state index contributed by atoms with van der Waals surface area (Å²) in [5.74, 6) is 0. The maximum atomic E-state index is 12.1. The van der Waals surface area contributed by atoms with Gasteiger partial charge in [0.2, 0.25) is 5.63 Å². The highest BCUT2D eigenvalue weighted by atomic mass is 35.5. The first-order chi connectivity index (χ1) is 4.30. The maximum Gasteiger partial charge on any atom is 0.200 e. The van der Waals surface area contributed by atoms with Crippen LogP contribution in [-0.2, 0) is 0 Å². The fourth-order valence-electron chi connectivity index (χ4n) is 0.460. The molecule has 1 rings (SSSR count). The Morgan fingerprint density at radius 1 is 1.78 bits per heavy atom. The molecule has 0 N–H and O–H groups in total. The predicted molar refractivity (Wildman–Crippen MR) is 32.8 cm³/mol. The van der Waals surface area contributed by atoms with E-state index in [9.17, 15) is 4.39 Å². The molecule has 0 amide bonds. The summed E-state index contributed by atoms with van der Waals surface area (Å²) < 4.78 is 12.1. The van der Waals surface area contributed by atoms with E-state index in [-0.39, 0.29) is 5.56 Å². The Morgan fingerprint density at radius 2 is 2.56 bits per heavy atom. The highest BCUT2D eigenvalue weighted by Crippen LogP contribution is 2.18. The van der Waals surface area contributed by atoms with Crippen LogP contribution in [0.2, 0.25) is 0 Å². The molecule has 0 aliphatic rings. The molecule has 1 atom stereocenters. The summed E-state index contributed by atoms with van der Waals surface area (Å²) in [6, 6.07) is 3.14. The molecule has 47 valence electrons. The number of halogens is 2. The summed E-state index contributed by atoms with van der Waals surface area (Å²) in [6.07, 6.45) is 3.93. The molecule has 0 aliphatic heterocycles. The molecule has 1 unspecified atom stereocenters. The Kier molecular flexibility index (Phi) is 2.01. The summed E-state index contributed by atoms with van der Waals surface area (Å²) in [4.78, 5) is 3.56. The fraction of sp³-hybridized carbons (Fsp3) is 0.167. The lowest BCUT2D eigenvalue weighted by Gasteiger charge is -1.94. The number of alkyl halides is 2. The number of aromatic nitrogens is 1. The van der Waals surface area contributed by atoms with E-state index in [2.05, 4.69) is 11.2 Å². The quantitative estimate of drug-likeness (QED) is 0.550. The molecular formula is C6H4ClFN. The standard InChI is InChI=1S/C6H4ClFN/c7-6(8)5-2-1-3-9-4-5/h1-3,6H. The van der Waals surface area contributed by atoms with Crippen molar-refractivity contribution < 1.29 is 4.39 Å². The Bertz CT molecular complexity index is 176. The van der Waals surface area contributed by atoms with Gasteiger partial charge in [-0.15, -0.1) is 0 Å². The average molecular weight is 145 g/mol. The minimum Gasteiger partial charge on any atom is -0.254 e. The van der Waals surface area contributed by atoms with Crippen molar-refractivity contribution in [3.63, 3.8) is 0 Å². The molecule has 3 heteroatoms. The fourth-order valence-corrected chi connectivity index (χ4v) is 0.582. The minimum absolute atomic E-state index is 0.277. The molecule has 1 aromatic heterocycles. The number of hydrogen-bond acceptors (Lipinski definition) is 1. The third kappa shape index (κ3) is 1.64. The van der Waals surface area contributed by atoms with Gasteiger partial charge in [-0.25, -0.2) is 4.39 Å². The van der Waals surface area contributed by atoms with Crippen LogP contribution in [0.3, 0.4) is 0 Å². The Labute approximate surface area is 57.5 Å². The molecule has 1 nitrogen and oxygen atoms in total. The maximum absolute atomic E-state index is 12.1. The van der Waals surface area contributed by atoms with Gasteiger partial charge < -0.3 is 0 Å². The molecule has 1 radical (unpaired) electrons. The van der Waals surface area contributed by atoms with Gasteiger partial charge in [0.25, 0.3) is 0 Å². The van der Waals surface area contributed by atoms with Crippen molar-refractivity contribution in [2.45, 2.75) is 5.63 Å². The lowest BCUT2D eigenvalue weighted by Crippen LogP contribution is -1.82. The monoisotopic (exact) mass is 144 g/mol. The second kappa shape index (κ2) is 2.78. The van der Waals surface area contributed by atoms with Crippen LogP contribution < -0.4 is 0 Å². The van der Waals surface area contributed by atoms with Crippen molar-refractivity contribution in [2.75, 3.05) is 0 Å². The number of rotatable bonds is 1. The van der Waals surface area contributed by atoms with Crippen LogP contribution in [0.25, 0.3) is 0 Å². The molecule has 0 saturated heterocycles. The molecule has 0 aromatic carbocycles. The van der Waals surface area contributed by atoms with Crippen LogP contribution in [0.15, 0.2) is 18.3 Å². The predicted octanol–water partition coefficient (Wildman–Crippen LogP) is 2.09. The van der Waals surface area contributed by atoms with E-state index in [0.717, 1.165) is 0 Å². The Hall–Kier alpha value is -0.630. The van der Waals surface area contributed by atoms with Crippen molar-refractivity contribution in [2.24, 2.45) is 0 Å². The number of pyridine rings is 1. The summed E-state index contributed by atoms with van der Waals surface area (Å²) in [7, 11) is 0. The summed E-state index contributed by atoms with van der Waals surface area (Å²) in [5.41, 5.74) is -1.21. The van der Waals surface area contributed by atoms with Crippen LogP contribution in [0.4, 0.5) is 4.39 Å². The van der Waals surface area contributed by atoms with Crippen molar-refractivity contribution in [3.8, 4) is 0 Å². The van der Waals surface area contributed by atoms with E-state index < -0.39 is 5.63 Å². The third-order valence-electron chi connectivity index (χ3n) is 0.865. The van der Waals surface area contributed by atoms with Gasteiger partial charge in [-0.3, -0.25) is 4.98 Å². The van der Waals surface area contributed by atoms with Crippen LogP contribution >= 0.6 is 11.6 Å². The highest BCUT2D eigenvalue weighted by Gasteiger charge is 2.02. The zero-order valence-corrected chi connectivity index (χ0v) is 5.27. The first-order valence-corrected chi connectivity index (χ1v) is 2.85. The molecule has 0 aliphatic carbocycles. The van der Waals surface area contributed by atoms with Crippen LogP contribution in [0.1, 0.15) is 11.2 Å². The molecule has 1 aromatic rings. The number of hydrogen-bond donors (Lipinski definition) is 0. The SMILES string of the molecule is FC(Cl)c1[c]nccc1. The lowest BCUT2D eigenvalue weighted by atomic mass is 10.3. The van der Waals surface area contributed by atoms with Crippen molar-refractivity contribution in [1.82, 2.24) is 4.98 Å². The molecule has 0 saturated carbocycles. The largest absolute Gasteiger partial charge is 0.254 e. The van der Waals surface area contributed by atoms with Crippen molar-refractivity contribution >= 4 is 11.6 Å². The summed E-state index contributed by atoms with van der Waals surface area (Å²) in [6.45, 7) is 0. The van der Waals surface area contributed by atoms with Gasteiger partial charge in [-0.2, -0.15) is 0 Å². The molecule has 1 heterocycles. The highest BCUT2D eigenvalue weighted by molar-refractivity contribution is 6.19. The average Bonchev–Trinajstić information content (AvgIpc) is 1.90. The van der Waals surface area contributed by atoms with E-state index in [0.29, 0.717) is 0 Å². The van der Waals surface area contributed by atoms with Crippen LogP contribution in [0.5, 0.6) is 0 Å². The van der Waals surface area contributed by atoms with Gasteiger partial charge in [0.05, 0.1) is 6.20 Å². The smallest absolute Gasteiger partial charge is 0.200 e. The van der Waals surface area contributed by atoms with E-state index in [4.69, 9.17) is 11.6 Å². The first kappa shape index (κ1) is 6.49. The van der Waals surface area contributed by atoms with Gasteiger partial charge in [0.1, 0.15) is 0 Å². The zero-order chi connectivity index (χ0) is 6.69. The molecule has 0 spiro atoms. The molecule has 0 bridgehead atoms. The zero-order valence-electron chi connectivity index (χ0n) is 4.51. The van der Waals surface area contributed by atoms with Gasteiger partial charge in [0.15, 0.2) is 0 Å². The van der Waals surface area contributed by atoms with Gasteiger partial charge in [-0.1, -0.05) is 17.7 Å². The normalized spacial score (nSPS) is 13.1. The van der Waals surface area contributed by atoms with Crippen molar-refractivity contribution in [1.29, 1.82) is 0 Å². The van der Waals surface area contributed by atoms with Gasteiger partial charge >= 0.3 is 0 Å². The lowest BCUT2D eigenvalue weighted by molar-refractivity contribution is 0.459. The van der Waals surface area contributed by atoms with Gasteiger partial charge in [0, 0.05) is 11.8 Å². The van der Waals surface area contributed by atoms with E-state index in [1.165, 1.54) is 12.3 Å². The summed E-state index contributed by atoms with van der Waals surface area (Å²) >= 11 is 5.07. The molecular weight excluding hydrogens is 141 g/mol. The first-order valence-electron chi connectivity index (χ1n) is 2.41. The van der Waals surface area contributed by atoms with E-state index >= 15 is 0 Å². The minimum atomic E-state index is -1.49. The number of nitrogens with zero attached hydrogens (tertiary/aromatic N) is 1. The Morgan fingerprint density at radius 3 is 2.89 bits per heavy atom. The van der Waals surface area contributed by atoms with Crippen LogP contribution in [0, 0.1) is 6.20 Å². The Balaban J connectivity index is 2.85. The van der Waals surface area contributed by atoms with Crippen molar-refractivity contribution in [3.05, 3.63) is 30.1 Å². The van der Waals surface area contributed by atoms with E-state index in [1.807, 2.05) is 0 Å². The molecule has 0 fully saturated rings. The third-order valence-corrected chi connectivity index (χ3v) is 1.10. The van der Waals surface area contributed by atoms with E-state index in [1.54, 1.807) is 6.07 Å². The second-order valence-corrected chi connectivity index (χ2v) is 1.89. The second-order valence-electron chi connectivity index (χ2n) is 1.51. The van der Waals surface area contributed by atoms with Crippen LogP contribution in [-0.4, -0.2) is 4.98 Å². The van der Waals surface area contributed by atoms with Gasteiger partial charge in [-0.05, 0) is 6.07 Å². The summed E-state index contributed by atoms with van der Waals surface area (Å²) in [5, 5.41) is 0. The topological polar surface area (TPSA) is 12.9 Å².